The van der Waals surface area contributed by atoms with Crippen LogP contribution in [0, 0.1) is 5.92 Å². The Bertz CT molecular complexity index is 760. The maximum Gasteiger partial charge on any atom is 0.269 e. The summed E-state index contributed by atoms with van der Waals surface area (Å²) in [5.74, 6) is 0.428. The Balaban J connectivity index is 1.56. The number of amides is 1. The minimum Gasteiger partial charge on any atom is -0.350 e. The Labute approximate surface area is 166 Å². The van der Waals surface area contributed by atoms with Crippen LogP contribution in [0.4, 0.5) is 0 Å². The van der Waals surface area contributed by atoms with Crippen LogP contribution >= 0.6 is 11.6 Å². The molecule has 1 amide bonds. The summed E-state index contributed by atoms with van der Waals surface area (Å²) in [7, 11) is 0. The number of nitrogens with zero attached hydrogens (tertiary/aromatic N) is 2. The van der Waals surface area contributed by atoms with Crippen molar-refractivity contribution < 1.29 is 4.79 Å². The Morgan fingerprint density at radius 1 is 1.26 bits per heavy atom. The van der Waals surface area contributed by atoms with E-state index in [1.165, 1.54) is 12.8 Å². The van der Waals surface area contributed by atoms with Crippen LogP contribution in [0.5, 0.6) is 0 Å². The van der Waals surface area contributed by atoms with Crippen molar-refractivity contribution in [2.24, 2.45) is 5.92 Å². The fourth-order valence-corrected chi connectivity index (χ4v) is 3.73. The molecule has 1 fully saturated rings. The lowest BCUT2D eigenvalue weighted by Gasteiger charge is -2.35. The van der Waals surface area contributed by atoms with Crippen molar-refractivity contribution in [3.63, 3.8) is 0 Å². The Morgan fingerprint density at radius 2 is 2.04 bits per heavy atom. The molecule has 5 heteroatoms. The number of rotatable bonds is 6. The van der Waals surface area contributed by atoms with Crippen molar-refractivity contribution in [1.29, 1.82) is 0 Å². The number of benzene rings is 1. The first-order valence-electron chi connectivity index (χ1n) is 9.73. The molecule has 4 nitrogen and oxygen atoms in total. The van der Waals surface area contributed by atoms with Crippen LogP contribution in [0.2, 0.25) is 5.02 Å². The van der Waals surface area contributed by atoms with Crippen molar-refractivity contribution in [3.05, 3.63) is 64.4 Å². The largest absolute Gasteiger partial charge is 0.350 e. The summed E-state index contributed by atoms with van der Waals surface area (Å²) in [6, 6.07) is 12.2. The molecule has 1 unspecified atom stereocenters. The third kappa shape index (κ3) is 5.78. The lowest BCUT2D eigenvalue weighted by Crippen LogP contribution is -2.43. The summed E-state index contributed by atoms with van der Waals surface area (Å²) in [6.07, 6.45) is 4.84. The van der Waals surface area contributed by atoms with E-state index in [4.69, 9.17) is 11.6 Å². The van der Waals surface area contributed by atoms with E-state index < -0.39 is 0 Å². The van der Waals surface area contributed by atoms with Crippen LogP contribution in [-0.4, -0.2) is 41.5 Å². The second-order valence-electron chi connectivity index (χ2n) is 7.66. The van der Waals surface area contributed by atoms with Gasteiger partial charge in [0.2, 0.25) is 0 Å². The van der Waals surface area contributed by atoms with Crippen molar-refractivity contribution in [1.82, 2.24) is 15.2 Å². The Morgan fingerprint density at radius 3 is 2.78 bits per heavy atom. The highest BCUT2D eigenvalue weighted by Gasteiger charge is 2.22. The standard InChI is InChI=1S/C22H28ClN3O/c1-16(2)26-11-3-4-19(15-26)14-25-22(27)21-13-18(9-10-24-21)12-17-5-7-20(23)8-6-17/h5-10,13,16,19H,3-4,11-12,14-15H2,1-2H3,(H,25,27). The second kappa shape index (κ2) is 9.34. The molecule has 2 aromatic rings. The topological polar surface area (TPSA) is 45.2 Å². The Hall–Kier alpha value is -1.91. The SMILES string of the molecule is CC(C)N1CCCC(CNC(=O)c2cc(Cc3ccc(Cl)cc3)ccn2)C1. The molecule has 1 N–H and O–H groups in total. The first-order chi connectivity index (χ1) is 13.0. The van der Waals surface area contributed by atoms with E-state index in [2.05, 4.69) is 29.0 Å². The monoisotopic (exact) mass is 385 g/mol. The van der Waals surface area contributed by atoms with E-state index in [0.717, 1.165) is 35.7 Å². The van der Waals surface area contributed by atoms with Gasteiger partial charge in [0.15, 0.2) is 0 Å². The van der Waals surface area contributed by atoms with Crippen molar-refractivity contribution in [2.75, 3.05) is 19.6 Å². The highest BCUT2D eigenvalue weighted by atomic mass is 35.5. The van der Waals surface area contributed by atoms with Gasteiger partial charge in [0.05, 0.1) is 0 Å². The molecule has 0 bridgehead atoms. The minimum absolute atomic E-state index is 0.0883. The zero-order valence-electron chi connectivity index (χ0n) is 16.1. The predicted octanol–water partition coefficient (Wildman–Crippen LogP) is 4.18. The highest BCUT2D eigenvalue weighted by molar-refractivity contribution is 6.30. The number of carbonyl (C=O) groups excluding carboxylic acids is 1. The summed E-state index contributed by atoms with van der Waals surface area (Å²) in [5.41, 5.74) is 2.71. The fourth-order valence-electron chi connectivity index (χ4n) is 3.61. The van der Waals surface area contributed by atoms with Gasteiger partial charge in [-0.15, -0.1) is 0 Å². The third-order valence-electron chi connectivity index (χ3n) is 5.21. The van der Waals surface area contributed by atoms with Gasteiger partial charge in [0, 0.05) is 30.4 Å². The number of halogens is 1. The van der Waals surface area contributed by atoms with E-state index >= 15 is 0 Å². The normalized spacial score (nSPS) is 17.9. The summed E-state index contributed by atoms with van der Waals surface area (Å²) in [4.78, 5) is 19.3. The fraction of sp³-hybridized carbons (Fsp3) is 0.455. The molecule has 0 saturated carbocycles. The van der Waals surface area contributed by atoms with E-state index in [9.17, 15) is 4.79 Å². The van der Waals surface area contributed by atoms with Gasteiger partial charge in [-0.05, 0) is 81.0 Å². The number of nitrogens with one attached hydrogen (secondary N) is 1. The number of carbonyl (C=O) groups is 1. The van der Waals surface area contributed by atoms with Crippen LogP contribution in [-0.2, 0) is 6.42 Å². The maximum atomic E-state index is 12.5. The second-order valence-corrected chi connectivity index (χ2v) is 8.10. The zero-order valence-corrected chi connectivity index (χ0v) is 16.9. The molecule has 0 radical (unpaired) electrons. The van der Waals surface area contributed by atoms with Crippen molar-refractivity contribution in [3.8, 4) is 0 Å². The van der Waals surface area contributed by atoms with Crippen LogP contribution in [0.1, 0.15) is 48.3 Å². The van der Waals surface area contributed by atoms with Gasteiger partial charge in [-0.2, -0.15) is 0 Å². The predicted molar refractivity (Wildman–Crippen MR) is 110 cm³/mol. The number of hydrogen-bond donors (Lipinski definition) is 1. The number of piperidine rings is 1. The van der Waals surface area contributed by atoms with Gasteiger partial charge < -0.3 is 10.2 Å². The third-order valence-corrected chi connectivity index (χ3v) is 5.46. The molecule has 1 aromatic carbocycles. The quantitative estimate of drug-likeness (QED) is 0.811. The summed E-state index contributed by atoms with van der Waals surface area (Å²) < 4.78 is 0. The van der Waals surface area contributed by atoms with Gasteiger partial charge in [0.25, 0.3) is 5.91 Å². The molecule has 1 aromatic heterocycles. The Kier molecular flexibility index (Phi) is 6.86. The smallest absolute Gasteiger partial charge is 0.269 e. The average molecular weight is 386 g/mol. The van der Waals surface area contributed by atoms with Crippen LogP contribution in [0.3, 0.4) is 0 Å². The van der Waals surface area contributed by atoms with Crippen LogP contribution in [0.25, 0.3) is 0 Å². The zero-order chi connectivity index (χ0) is 19.2. The summed E-state index contributed by atoms with van der Waals surface area (Å²) in [5, 5.41) is 3.81. The van der Waals surface area contributed by atoms with E-state index in [1.807, 2.05) is 36.4 Å². The molecule has 144 valence electrons. The molecule has 0 spiro atoms. The molecule has 27 heavy (non-hydrogen) atoms. The number of pyridine rings is 1. The molecule has 1 atom stereocenters. The van der Waals surface area contributed by atoms with E-state index in [-0.39, 0.29) is 5.91 Å². The average Bonchev–Trinajstić information content (AvgIpc) is 2.68. The molecule has 0 aliphatic carbocycles. The van der Waals surface area contributed by atoms with E-state index in [0.29, 0.717) is 24.2 Å². The highest BCUT2D eigenvalue weighted by Crippen LogP contribution is 2.18. The summed E-state index contributed by atoms with van der Waals surface area (Å²) >= 11 is 5.94. The minimum atomic E-state index is -0.0883. The van der Waals surface area contributed by atoms with Gasteiger partial charge in [0.1, 0.15) is 5.69 Å². The summed E-state index contributed by atoms with van der Waals surface area (Å²) in [6.45, 7) is 7.40. The molecular weight excluding hydrogens is 358 g/mol. The van der Waals surface area contributed by atoms with E-state index in [1.54, 1.807) is 6.20 Å². The van der Waals surface area contributed by atoms with Crippen molar-refractivity contribution >= 4 is 17.5 Å². The van der Waals surface area contributed by atoms with Gasteiger partial charge in [-0.25, -0.2) is 0 Å². The molecule has 1 aliphatic rings. The molecule has 1 saturated heterocycles. The first-order valence-corrected chi connectivity index (χ1v) is 10.1. The molecular formula is C22H28ClN3O. The lowest BCUT2D eigenvalue weighted by molar-refractivity contribution is 0.0917. The van der Waals surface area contributed by atoms with Gasteiger partial charge >= 0.3 is 0 Å². The molecule has 1 aliphatic heterocycles. The van der Waals surface area contributed by atoms with Crippen LogP contribution in [0.15, 0.2) is 42.6 Å². The lowest BCUT2D eigenvalue weighted by atomic mass is 9.97. The molecule has 2 heterocycles. The first kappa shape index (κ1) is 19.8. The number of aromatic nitrogens is 1. The van der Waals surface area contributed by atoms with Crippen molar-refractivity contribution in [2.45, 2.75) is 39.2 Å². The number of likely N-dealkylation sites (tertiary alicyclic amines) is 1. The molecule has 3 rings (SSSR count). The van der Waals surface area contributed by atoms with Gasteiger partial charge in [-0.1, -0.05) is 23.7 Å². The number of hydrogen-bond acceptors (Lipinski definition) is 3. The van der Waals surface area contributed by atoms with Crippen LogP contribution < -0.4 is 5.32 Å². The maximum absolute atomic E-state index is 12.5. The van der Waals surface area contributed by atoms with Gasteiger partial charge in [-0.3, -0.25) is 9.78 Å².